The average Bonchev–Trinajstić information content (AvgIpc) is 2.83. The fraction of sp³-hybridized carbons (Fsp3) is 0.222. The summed E-state index contributed by atoms with van der Waals surface area (Å²) >= 11 is 13.6. The Morgan fingerprint density at radius 2 is 1.66 bits per heavy atom. The third-order valence-electron chi connectivity index (χ3n) is 5.53. The lowest BCUT2D eigenvalue weighted by molar-refractivity contribution is -0.133. The summed E-state index contributed by atoms with van der Waals surface area (Å²) in [5.41, 5.74) is 1.54. The molecule has 0 fully saturated rings. The van der Waals surface area contributed by atoms with Crippen molar-refractivity contribution in [2.24, 2.45) is 0 Å². The van der Waals surface area contributed by atoms with E-state index in [1.54, 1.807) is 36.4 Å². The third-order valence-corrected chi connectivity index (χ3v) is 7.19. The van der Waals surface area contributed by atoms with Crippen LogP contribution in [0.3, 0.4) is 0 Å². The minimum Gasteiger partial charge on any atom is -0.333 e. The molecule has 0 saturated carbocycles. The van der Waals surface area contributed by atoms with E-state index in [0.29, 0.717) is 38.3 Å². The Bertz CT molecular complexity index is 1430. The van der Waals surface area contributed by atoms with E-state index in [9.17, 15) is 9.59 Å². The van der Waals surface area contributed by atoms with Gasteiger partial charge in [-0.1, -0.05) is 77.4 Å². The molecule has 0 N–H and O–H groups in total. The van der Waals surface area contributed by atoms with Gasteiger partial charge in [-0.2, -0.15) is 0 Å². The first-order valence-corrected chi connectivity index (χ1v) is 12.8. The van der Waals surface area contributed by atoms with Gasteiger partial charge in [-0.05, 0) is 56.7 Å². The molecule has 1 amide bonds. The number of hydrogen-bond donors (Lipinski definition) is 0. The smallest absolute Gasteiger partial charge is 0.266 e. The van der Waals surface area contributed by atoms with Crippen molar-refractivity contribution in [3.8, 4) is 5.69 Å². The first kappa shape index (κ1) is 25.3. The SMILES string of the molecule is CC(C)(C)N(Cc1ccccc1)C(=O)CSc1nc2ccccc2c(=O)n1-c1ccc(Cl)c(Cl)c1. The number of rotatable bonds is 6. The number of thioether (sulfide) groups is 1. The maximum absolute atomic E-state index is 13.5. The van der Waals surface area contributed by atoms with E-state index >= 15 is 0 Å². The molecule has 0 aliphatic carbocycles. The minimum absolute atomic E-state index is 0.0468. The zero-order chi connectivity index (χ0) is 25.2. The predicted octanol–water partition coefficient (Wildman–Crippen LogP) is 6.61. The van der Waals surface area contributed by atoms with Crippen molar-refractivity contribution in [3.63, 3.8) is 0 Å². The average molecular weight is 526 g/mol. The number of amides is 1. The maximum atomic E-state index is 13.5. The third kappa shape index (κ3) is 5.72. The molecule has 180 valence electrons. The summed E-state index contributed by atoms with van der Waals surface area (Å²) in [7, 11) is 0. The highest BCUT2D eigenvalue weighted by Gasteiger charge is 2.27. The molecule has 1 heterocycles. The molecule has 8 heteroatoms. The summed E-state index contributed by atoms with van der Waals surface area (Å²) in [5, 5.41) is 1.62. The molecule has 4 rings (SSSR count). The van der Waals surface area contributed by atoms with E-state index in [4.69, 9.17) is 28.2 Å². The van der Waals surface area contributed by atoms with Crippen LogP contribution < -0.4 is 5.56 Å². The number of halogens is 2. The molecule has 1 aromatic heterocycles. The van der Waals surface area contributed by atoms with Crippen LogP contribution in [0.1, 0.15) is 26.3 Å². The predicted molar refractivity (Wildman–Crippen MR) is 145 cm³/mol. The Labute approximate surface area is 218 Å². The lowest BCUT2D eigenvalue weighted by atomic mass is 10.0. The van der Waals surface area contributed by atoms with Crippen molar-refractivity contribution >= 4 is 51.8 Å². The molecule has 0 aliphatic rings. The molecule has 0 saturated heterocycles. The topological polar surface area (TPSA) is 55.2 Å². The van der Waals surface area contributed by atoms with Crippen molar-refractivity contribution in [2.45, 2.75) is 38.0 Å². The molecule has 0 spiro atoms. The normalized spacial score (nSPS) is 11.6. The lowest BCUT2D eigenvalue weighted by Gasteiger charge is -2.36. The van der Waals surface area contributed by atoms with Crippen LogP contribution in [0.4, 0.5) is 0 Å². The fourth-order valence-corrected chi connectivity index (χ4v) is 4.91. The molecule has 0 atom stereocenters. The second kappa shape index (κ2) is 10.4. The highest BCUT2D eigenvalue weighted by Crippen LogP contribution is 2.28. The van der Waals surface area contributed by atoms with Gasteiger partial charge in [-0.3, -0.25) is 14.2 Å². The first-order chi connectivity index (χ1) is 16.6. The lowest BCUT2D eigenvalue weighted by Crippen LogP contribution is -2.46. The van der Waals surface area contributed by atoms with Gasteiger partial charge in [0.05, 0.1) is 32.4 Å². The first-order valence-electron chi connectivity index (χ1n) is 11.1. The van der Waals surface area contributed by atoms with E-state index < -0.39 is 0 Å². The highest BCUT2D eigenvalue weighted by atomic mass is 35.5. The van der Waals surface area contributed by atoms with Crippen molar-refractivity contribution in [2.75, 3.05) is 5.75 Å². The van der Waals surface area contributed by atoms with Crippen LogP contribution in [-0.2, 0) is 11.3 Å². The Morgan fingerprint density at radius 1 is 0.971 bits per heavy atom. The Hall–Kier alpha value is -2.80. The van der Waals surface area contributed by atoms with Crippen LogP contribution in [0.5, 0.6) is 0 Å². The Balaban J connectivity index is 1.70. The van der Waals surface area contributed by atoms with Crippen LogP contribution in [-0.4, -0.2) is 31.6 Å². The van der Waals surface area contributed by atoms with E-state index in [1.165, 1.54) is 16.3 Å². The van der Waals surface area contributed by atoms with E-state index in [1.807, 2.05) is 62.1 Å². The molecule has 0 radical (unpaired) electrons. The zero-order valence-corrected chi connectivity index (χ0v) is 22.0. The summed E-state index contributed by atoms with van der Waals surface area (Å²) in [6.45, 7) is 6.53. The van der Waals surface area contributed by atoms with Gasteiger partial charge < -0.3 is 4.90 Å². The van der Waals surface area contributed by atoms with Crippen LogP contribution >= 0.6 is 35.0 Å². The van der Waals surface area contributed by atoms with Crippen molar-refractivity contribution in [1.82, 2.24) is 14.5 Å². The van der Waals surface area contributed by atoms with Crippen molar-refractivity contribution < 1.29 is 4.79 Å². The highest BCUT2D eigenvalue weighted by molar-refractivity contribution is 7.99. The van der Waals surface area contributed by atoms with Crippen LogP contribution in [0.25, 0.3) is 16.6 Å². The monoisotopic (exact) mass is 525 g/mol. The van der Waals surface area contributed by atoms with Gasteiger partial charge in [0.2, 0.25) is 5.91 Å². The molecule has 0 aliphatic heterocycles. The Kier molecular flexibility index (Phi) is 7.55. The number of para-hydroxylation sites is 1. The van der Waals surface area contributed by atoms with E-state index in [-0.39, 0.29) is 22.8 Å². The van der Waals surface area contributed by atoms with E-state index in [2.05, 4.69) is 0 Å². The molecular formula is C27H25Cl2N3O2S. The number of aromatic nitrogens is 2. The molecule has 3 aromatic carbocycles. The summed E-state index contributed by atoms with van der Waals surface area (Å²) in [6, 6.07) is 22.0. The largest absolute Gasteiger partial charge is 0.333 e. The number of benzene rings is 3. The molecule has 5 nitrogen and oxygen atoms in total. The van der Waals surface area contributed by atoms with E-state index in [0.717, 1.165) is 5.56 Å². The van der Waals surface area contributed by atoms with Gasteiger partial charge in [0.25, 0.3) is 5.56 Å². The quantitative estimate of drug-likeness (QED) is 0.210. The molecule has 0 bridgehead atoms. The van der Waals surface area contributed by atoms with Gasteiger partial charge in [-0.25, -0.2) is 4.98 Å². The second-order valence-electron chi connectivity index (χ2n) is 9.08. The number of hydrogen-bond acceptors (Lipinski definition) is 4. The van der Waals surface area contributed by atoms with Crippen LogP contribution in [0, 0.1) is 0 Å². The number of fused-ring (bicyclic) bond motifs is 1. The van der Waals surface area contributed by atoms with Gasteiger partial charge in [-0.15, -0.1) is 0 Å². The molecule has 4 aromatic rings. The summed E-state index contributed by atoms with van der Waals surface area (Å²) in [5.74, 6) is 0.0744. The fourth-order valence-electron chi connectivity index (χ4n) is 3.73. The standard InChI is InChI=1S/C27H25Cl2N3O2S/c1-27(2,3)31(16-18-9-5-4-6-10-18)24(33)17-35-26-30-23-12-8-7-11-20(23)25(34)32(26)19-13-14-21(28)22(29)15-19/h4-15H,16-17H2,1-3H3. The van der Waals surface area contributed by atoms with Gasteiger partial charge >= 0.3 is 0 Å². The number of nitrogens with zero attached hydrogens (tertiary/aromatic N) is 3. The summed E-state index contributed by atoms with van der Waals surface area (Å²) in [4.78, 5) is 33.4. The second-order valence-corrected chi connectivity index (χ2v) is 10.8. The summed E-state index contributed by atoms with van der Waals surface area (Å²) in [6.07, 6.45) is 0. The van der Waals surface area contributed by atoms with Crippen molar-refractivity contribution in [3.05, 3.63) is 98.8 Å². The minimum atomic E-state index is -0.381. The summed E-state index contributed by atoms with van der Waals surface area (Å²) < 4.78 is 1.49. The zero-order valence-electron chi connectivity index (χ0n) is 19.7. The van der Waals surface area contributed by atoms with Gasteiger partial charge in [0, 0.05) is 12.1 Å². The van der Waals surface area contributed by atoms with Crippen molar-refractivity contribution in [1.29, 1.82) is 0 Å². The Morgan fingerprint density at radius 3 is 2.34 bits per heavy atom. The van der Waals surface area contributed by atoms with Crippen LogP contribution in [0.2, 0.25) is 10.0 Å². The number of carbonyl (C=O) groups excluding carboxylic acids is 1. The molecular weight excluding hydrogens is 501 g/mol. The molecule has 35 heavy (non-hydrogen) atoms. The van der Waals surface area contributed by atoms with Gasteiger partial charge in [0.1, 0.15) is 0 Å². The molecule has 0 unspecified atom stereocenters. The van der Waals surface area contributed by atoms with Gasteiger partial charge in [0.15, 0.2) is 5.16 Å². The maximum Gasteiger partial charge on any atom is 0.266 e. The number of carbonyl (C=O) groups is 1. The van der Waals surface area contributed by atoms with Crippen LogP contribution in [0.15, 0.2) is 82.7 Å².